The van der Waals surface area contributed by atoms with Gasteiger partial charge in [0, 0.05) is 6.54 Å². The lowest BCUT2D eigenvalue weighted by Gasteiger charge is -2.21. The van der Waals surface area contributed by atoms with Crippen LogP contribution in [0.15, 0.2) is 18.2 Å². The van der Waals surface area contributed by atoms with Gasteiger partial charge in [-0.2, -0.15) is 0 Å². The summed E-state index contributed by atoms with van der Waals surface area (Å²) in [5.74, 6) is -0.880. The van der Waals surface area contributed by atoms with Crippen LogP contribution in [0.3, 0.4) is 0 Å². The molecule has 1 amide bonds. The highest BCUT2D eigenvalue weighted by Gasteiger charge is 2.24. The van der Waals surface area contributed by atoms with Crippen molar-refractivity contribution >= 4 is 11.9 Å². The summed E-state index contributed by atoms with van der Waals surface area (Å²) in [6.07, 6.45) is -0.439. The maximum atomic E-state index is 11.7. The fraction of sp³-hybridized carbons (Fsp3) is 0.467. The van der Waals surface area contributed by atoms with Gasteiger partial charge in [0.1, 0.15) is 5.75 Å². The van der Waals surface area contributed by atoms with Crippen LogP contribution in [0, 0.1) is 13.8 Å². The van der Waals surface area contributed by atoms with Crippen LogP contribution in [0.5, 0.6) is 5.75 Å². The third-order valence-electron chi connectivity index (χ3n) is 2.95. The SMILES string of the molecule is Cc1cccc(C)c1OCC(=O)NCC(C)(O)CC(=O)O. The molecule has 1 atom stereocenters. The molecule has 0 aromatic heterocycles. The average molecular weight is 295 g/mol. The van der Waals surface area contributed by atoms with E-state index in [1.807, 2.05) is 32.0 Å². The standard InChI is InChI=1S/C15H21NO5/c1-10-5-4-6-11(2)14(10)21-8-12(17)16-9-15(3,20)7-13(18)19/h4-6,20H,7-9H2,1-3H3,(H,16,17)(H,18,19). The number of aliphatic carboxylic acids is 1. The van der Waals surface area contributed by atoms with Crippen LogP contribution in [0.25, 0.3) is 0 Å². The first-order chi connectivity index (χ1) is 9.71. The van der Waals surface area contributed by atoms with E-state index in [0.29, 0.717) is 5.75 Å². The number of para-hydroxylation sites is 1. The van der Waals surface area contributed by atoms with Gasteiger partial charge >= 0.3 is 5.97 Å². The molecule has 1 aromatic rings. The molecule has 21 heavy (non-hydrogen) atoms. The van der Waals surface area contributed by atoms with Gasteiger partial charge in [-0.05, 0) is 31.9 Å². The van der Waals surface area contributed by atoms with E-state index in [0.717, 1.165) is 11.1 Å². The number of aryl methyl sites for hydroxylation is 2. The second kappa shape index (κ2) is 7.08. The largest absolute Gasteiger partial charge is 0.483 e. The van der Waals surface area contributed by atoms with Gasteiger partial charge in [0.05, 0.1) is 12.0 Å². The minimum absolute atomic E-state index is 0.145. The smallest absolute Gasteiger partial charge is 0.306 e. The summed E-state index contributed by atoms with van der Waals surface area (Å²) in [7, 11) is 0. The first-order valence-corrected chi connectivity index (χ1v) is 6.61. The number of benzene rings is 1. The molecule has 6 heteroatoms. The average Bonchev–Trinajstić information content (AvgIpc) is 2.34. The molecule has 1 aromatic carbocycles. The molecule has 116 valence electrons. The van der Waals surface area contributed by atoms with Gasteiger partial charge in [0.15, 0.2) is 6.61 Å². The maximum Gasteiger partial charge on any atom is 0.306 e. The van der Waals surface area contributed by atoms with Gasteiger partial charge in [-0.3, -0.25) is 9.59 Å². The molecule has 1 unspecified atom stereocenters. The Kier molecular flexibility index (Phi) is 5.72. The van der Waals surface area contributed by atoms with Crippen molar-refractivity contribution in [1.82, 2.24) is 5.32 Å². The number of rotatable bonds is 7. The Bertz CT molecular complexity index is 505. The summed E-state index contributed by atoms with van der Waals surface area (Å²) in [6.45, 7) is 4.80. The van der Waals surface area contributed by atoms with Crippen LogP contribution in [0.4, 0.5) is 0 Å². The molecule has 0 saturated heterocycles. The summed E-state index contributed by atoms with van der Waals surface area (Å²) in [6, 6.07) is 5.68. The van der Waals surface area contributed by atoms with Crippen molar-refractivity contribution in [2.75, 3.05) is 13.2 Å². The first kappa shape index (κ1) is 17.0. The third-order valence-corrected chi connectivity index (χ3v) is 2.95. The highest BCUT2D eigenvalue weighted by Crippen LogP contribution is 2.22. The van der Waals surface area contributed by atoms with E-state index in [2.05, 4.69) is 5.32 Å². The number of carboxylic acid groups (broad SMARTS) is 1. The quantitative estimate of drug-likeness (QED) is 0.698. The van der Waals surface area contributed by atoms with Gasteiger partial charge in [0.2, 0.25) is 0 Å². The normalized spacial score (nSPS) is 13.3. The highest BCUT2D eigenvalue weighted by molar-refractivity contribution is 5.77. The number of carbonyl (C=O) groups is 2. The number of amides is 1. The molecular weight excluding hydrogens is 274 g/mol. The van der Waals surface area contributed by atoms with E-state index in [9.17, 15) is 14.7 Å². The first-order valence-electron chi connectivity index (χ1n) is 6.61. The van der Waals surface area contributed by atoms with E-state index < -0.39 is 23.9 Å². The monoisotopic (exact) mass is 295 g/mol. The molecule has 0 aliphatic rings. The van der Waals surface area contributed by atoms with E-state index in [-0.39, 0.29) is 13.2 Å². The van der Waals surface area contributed by atoms with Gasteiger partial charge in [-0.25, -0.2) is 0 Å². The molecule has 1 rings (SSSR count). The van der Waals surface area contributed by atoms with E-state index in [4.69, 9.17) is 9.84 Å². The topological polar surface area (TPSA) is 95.9 Å². The highest BCUT2D eigenvalue weighted by atomic mass is 16.5. The van der Waals surface area contributed by atoms with Crippen LogP contribution < -0.4 is 10.1 Å². The molecule has 0 bridgehead atoms. The van der Waals surface area contributed by atoms with Crippen molar-refractivity contribution in [2.24, 2.45) is 0 Å². The zero-order valence-electron chi connectivity index (χ0n) is 12.5. The van der Waals surface area contributed by atoms with Crippen molar-refractivity contribution in [3.63, 3.8) is 0 Å². The number of hydrogen-bond acceptors (Lipinski definition) is 4. The lowest BCUT2D eigenvalue weighted by Crippen LogP contribution is -2.43. The molecule has 0 aliphatic heterocycles. The number of carboxylic acids is 1. The van der Waals surface area contributed by atoms with E-state index in [1.165, 1.54) is 6.92 Å². The number of aliphatic hydroxyl groups is 1. The Morgan fingerprint density at radius 3 is 2.38 bits per heavy atom. The summed E-state index contributed by atoms with van der Waals surface area (Å²) >= 11 is 0. The van der Waals surface area contributed by atoms with Crippen molar-refractivity contribution in [1.29, 1.82) is 0 Å². The minimum Gasteiger partial charge on any atom is -0.483 e. The Hall–Kier alpha value is -2.08. The Labute approximate surface area is 123 Å². The third kappa shape index (κ3) is 5.83. The second-order valence-corrected chi connectivity index (χ2v) is 5.35. The molecule has 3 N–H and O–H groups in total. The van der Waals surface area contributed by atoms with Gasteiger partial charge in [-0.15, -0.1) is 0 Å². The van der Waals surface area contributed by atoms with Gasteiger partial charge < -0.3 is 20.3 Å². The zero-order valence-corrected chi connectivity index (χ0v) is 12.5. The molecule has 0 heterocycles. The molecular formula is C15H21NO5. The maximum absolute atomic E-state index is 11.7. The van der Waals surface area contributed by atoms with Crippen LogP contribution in [0.2, 0.25) is 0 Å². The Balaban J connectivity index is 2.46. The molecule has 0 radical (unpaired) electrons. The molecule has 0 spiro atoms. The lowest BCUT2D eigenvalue weighted by molar-refractivity contribution is -0.142. The Morgan fingerprint density at radius 2 is 1.86 bits per heavy atom. The number of hydrogen-bond donors (Lipinski definition) is 3. The van der Waals surface area contributed by atoms with Crippen molar-refractivity contribution in [3.8, 4) is 5.75 Å². The molecule has 0 saturated carbocycles. The predicted octanol–water partition coefficient (Wildman–Crippen LogP) is 1.02. The molecule has 0 fully saturated rings. The molecule has 6 nitrogen and oxygen atoms in total. The summed E-state index contributed by atoms with van der Waals surface area (Å²) < 4.78 is 5.47. The fourth-order valence-corrected chi connectivity index (χ4v) is 1.89. The predicted molar refractivity (Wildman–Crippen MR) is 77.3 cm³/mol. The van der Waals surface area contributed by atoms with E-state index in [1.54, 1.807) is 0 Å². The Morgan fingerprint density at radius 1 is 1.29 bits per heavy atom. The number of carbonyl (C=O) groups excluding carboxylic acids is 1. The minimum atomic E-state index is -1.49. The lowest BCUT2D eigenvalue weighted by atomic mass is 10.0. The van der Waals surface area contributed by atoms with Crippen LogP contribution in [-0.4, -0.2) is 40.8 Å². The van der Waals surface area contributed by atoms with E-state index >= 15 is 0 Å². The van der Waals surface area contributed by atoms with Gasteiger partial charge in [-0.1, -0.05) is 18.2 Å². The van der Waals surface area contributed by atoms with Gasteiger partial charge in [0.25, 0.3) is 5.91 Å². The summed E-state index contributed by atoms with van der Waals surface area (Å²) in [5.41, 5.74) is 0.376. The number of ether oxygens (including phenoxy) is 1. The number of nitrogens with one attached hydrogen (secondary N) is 1. The fourth-order valence-electron chi connectivity index (χ4n) is 1.89. The second-order valence-electron chi connectivity index (χ2n) is 5.35. The zero-order chi connectivity index (χ0) is 16.0. The van der Waals surface area contributed by atoms with Crippen LogP contribution >= 0.6 is 0 Å². The van der Waals surface area contributed by atoms with Crippen molar-refractivity contribution in [2.45, 2.75) is 32.8 Å². The van der Waals surface area contributed by atoms with Crippen LogP contribution in [0.1, 0.15) is 24.5 Å². The summed E-state index contributed by atoms with van der Waals surface area (Å²) in [5, 5.41) is 20.9. The molecule has 0 aliphatic carbocycles. The summed E-state index contributed by atoms with van der Waals surface area (Å²) in [4.78, 5) is 22.2. The van der Waals surface area contributed by atoms with Crippen molar-refractivity contribution in [3.05, 3.63) is 29.3 Å². The van der Waals surface area contributed by atoms with Crippen molar-refractivity contribution < 1.29 is 24.5 Å². The van der Waals surface area contributed by atoms with Crippen LogP contribution in [-0.2, 0) is 9.59 Å².